The highest BCUT2D eigenvalue weighted by Crippen LogP contribution is 2.20. The number of esters is 1. The molecule has 1 aromatic carbocycles. The number of nitrogens with one attached hydrogen (secondary N) is 1. The molecule has 1 N–H and O–H groups in total. The first kappa shape index (κ1) is 14.3. The molecule has 3 nitrogen and oxygen atoms in total. The van der Waals surface area contributed by atoms with Crippen molar-refractivity contribution in [2.75, 3.05) is 18.5 Å². The van der Waals surface area contributed by atoms with Crippen molar-refractivity contribution in [2.24, 2.45) is 0 Å². The van der Waals surface area contributed by atoms with Crippen molar-refractivity contribution >= 4 is 34.2 Å². The molecule has 0 aliphatic carbocycles. The Morgan fingerprint density at radius 3 is 2.76 bits per heavy atom. The summed E-state index contributed by atoms with van der Waals surface area (Å²) in [5.41, 5.74) is 1.68. The minimum Gasteiger partial charge on any atom is -0.462 e. The van der Waals surface area contributed by atoms with Crippen molar-refractivity contribution in [2.45, 2.75) is 26.7 Å². The average molecular weight is 347 g/mol. The molecule has 17 heavy (non-hydrogen) atoms. The van der Waals surface area contributed by atoms with Crippen molar-refractivity contribution in [3.63, 3.8) is 0 Å². The summed E-state index contributed by atoms with van der Waals surface area (Å²) in [6.45, 7) is 5.34. The van der Waals surface area contributed by atoms with Crippen LogP contribution >= 0.6 is 22.6 Å². The fourth-order valence-corrected chi connectivity index (χ4v) is 2.11. The minimum atomic E-state index is -0.259. The summed E-state index contributed by atoms with van der Waals surface area (Å²) in [4.78, 5) is 11.5. The molecule has 94 valence electrons. The highest BCUT2D eigenvalue weighted by Gasteiger charge is 2.08. The van der Waals surface area contributed by atoms with Gasteiger partial charge >= 0.3 is 5.97 Å². The Bertz CT molecular complexity index is 380. The summed E-state index contributed by atoms with van der Waals surface area (Å²) < 4.78 is 6.00. The molecule has 0 bridgehead atoms. The van der Waals surface area contributed by atoms with Crippen molar-refractivity contribution in [1.82, 2.24) is 0 Å². The molecular weight excluding hydrogens is 329 g/mol. The van der Waals surface area contributed by atoms with Crippen LogP contribution in [0.5, 0.6) is 0 Å². The first-order chi connectivity index (χ1) is 8.19. The maximum Gasteiger partial charge on any atom is 0.338 e. The van der Waals surface area contributed by atoms with Gasteiger partial charge in [0, 0.05) is 15.8 Å². The third-order valence-corrected chi connectivity index (χ3v) is 3.22. The van der Waals surface area contributed by atoms with E-state index in [0.717, 1.165) is 22.2 Å². The number of unbranched alkanes of at least 4 members (excludes halogenated alkanes) is 1. The highest BCUT2D eigenvalue weighted by molar-refractivity contribution is 14.1. The standard InChI is InChI=1S/C13H18INO2/c1-3-5-8-15-12-7-6-10(9-11(12)14)13(16)17-4-2/h6-7,9,15H,3-5,8H2,1-2H3. The van der Waals surface area contributed by atoms with E-state index in [-0.39, 0.29) is 5.97 Å². The number of halogens is 1. The Morgan fingerprint density at radius 2 is 2.18 bits per heavy atom. The SMILES string of the molecule is CCCCNc1ccc(C(=O)OCC)cc1I. The quantitative estimate of drug-likeness (QED) is 0.485. The van der Waals surface area contributed by atoms with E-state index >= 15 is 0 Å². The Kier molecular flexibility index (Phi) is 6.32. The molecule has 1 rings (SSSR count). The van der Waals surface area contributed by atoms with E-state index in [4.69, 9.17) is 4.74 Å². The van der Waals surface area contributed by atoms with E-state index in [2.05, 4.69) is 34.8 Å². The van der Waals surface area contributed by atoms with E-state index in [1.807, 2.05) is 19.1 Å². The molecule has 0 atom stereocenters. The van der Waals surface area contributed by atoms with Crippen LogP contribution in [-0.4, -0.2) is 19.1 Å². The van der Waals surface area contributed by atoms with Crippen molar-refractivity contribution < 1.29 is 9.53 Å². The lowest BCUT2D eigenvalue weighted by molar-refractivity contribution is 0.0526. The second-order valence-corrected chi connectivity index (χ2v) is 4.86. The molecule has 0 unspecified atom stereocenters. The van der Waals surface area contributed by atoms with Crippen LogP contribution in [0.25, 0.3) is 0 Å². The van der Waals surface area contributed by atoms with Crippen molar-refractivity contribution in [3.8, 4) is 0 Å². The lowest BCUT2D eigenvalue weighted by Crippen LogP contribution is -2.07. The Hall–Kier alpha value is -0.780. The topological polar surface area (TPSA) is 38.3 Å². The molecule has 0 amide bonds. The molecule has 0 saturated heterocycles. The molecule has 0 heterocycles. The predicted octanol–water partition coefficient (Wildman–Crippen LogP) is 3.68. The van der Waals surface area contributed by atoms with E-state index in [1.165, 1.54) is 6.42 Å². The number of benzene rings is 1. The molecule has 0 aliphatic heterocycles. The molecular formula is C13H18INO2. The van der Waals surface area contributed by atoms with E-state index in [0.29, 0.717) is 12.2 Å². The fraction of sp³-hybridized carbons (Fsp3) is 0.462. The number of carbonyl (C=O) groups is 1. The first-order valence-corrected chi connectivity index (χ1v) is 6.97. The highest BCUT2D eigenvalue weighted by atomic mass is 127. The molecule has 0 aromatic heterocycles. The molecule has 0 radical (unpaired) electrons. The molecule has 0 fully saturated rings. The summed E-state index contributed by atoms with van der Waals surface area (Å²) in [5.74, 6) is -0.259. The second kappa shape index (κ2) is 7.53. The monoisotopic (exact) mass is 347 g/mol. The van der Waals surface area contributed by atoms with Gasteiger partial charge in [-0.25, -0.2) is 4.79 Å². The van der Waals surface area contributed by atoms with E-state index in [9.17, 15) is 4.79 Å². The third kappa shape index (κ3) is 4.53. The fourth-order valence-electron chi connectivity index (χ4n) is 1.40. The summed E-state index contributed by atoms with van der Waals surface area (Å²) in [6.07, 6.45) is 2.32. The largest absolute Gasteiger partial charge is 0.462 e. The third-order valence-electron chi connectivity index (χ3n) is 2.33. The molecule has 4 heteroatoms. The lowest BCUT2D eigenvalue weighted by Gasteiger charge is -2.09. The number of carbonyl (C=O) groups excluding carboxylic acids is 1. The Balaban J connectivity index is 2.68. The Labute approximate surface area is 116 Å². The molecule has 0 aliphatic rings. The minimum absolute atomic E-state index is 0.259. The molecule has 0 spiro atoms. The van der Waals surface area contributed by atoms with Crippen LogP contribution in [-0.2, 0) is 4.74 Å². The summed E-state index contributed by atoms with van der Waals surface area (Å²) in [7, 11) is 0. The smallest absolute Gasteiger partial charge is 0.338 e. The van der Waals surface area contributed by atoms with Crippen molar-refractivity contribution in [1.29, 1.82) is 0 Å². The van der Waals surface area contributed by atoms with E-state index < -0.39 is 0 Å². The number of hydrogen-bond donors (Lipinski definition) is 1. The average Bonchev–Trinajstić information content (AvgIpc) is 2.31. The zero-order chi connectivity index (χ0) is 12.7. The lowest BCUT2D eigenvalue weighted by atomic mass is 10.2. The van der Waals surface area contributed by atoms with Gasteiger partial charge in [0.2, 0.25) is 0 Å². The van der Waals surface area contributed by atoms with Crippen LogP contribution in [0.1, 0.15) is 37.0 Å². The van der Waals surface area contributed by atoms with Crippen LogP contribution in [0.4, 0.5) is 5.69 Å². The maximum atomic E-state index is 11.5. The Morgan fingerprint density at radius 1 is 1.41 bits per heavy atom. The van der Waals surface area contributed by atoms with Gasteiger partial charge < -0.3 is 10.1 Å². The maximum absolute atomic E-state index is 11.5. The van der Waals surface area contributed by atoms with Crippen LogP contribution in [0.15, 0.2) is 18.2 Å². The van der Waals surface area contributed by atoms with Crippen molar-refractivity contribution in [3.05, 3.63) is 27.3 Å². The van der Waals surface area contributed by atoms with Gasteiger partial charge in [-0.2, -0.15) is 0 Å². The van der Waals surface area contributed by atoms with Gasteiger partial charge in [-0.3, -0.25) is 0 Å². The van der Waals surface area contributed by atoms with Gasteiger partial charge in [0.15, 0.2) is 0 Å². The molecule has 1 aromatic rings. The predicted molar refractivity (Wildman–Crippen MR) is 78.5 cm³/mol. The number of ether oxygens (including phenoxy) is 1. The summed E-state index contributed by atoms with van der Waals surface area (Å²) in [5, 5.41) is 3.35. The number of anilines is 1. The molecule has 0 saturated carbocycles. The van der Waals surface area contributed by atoms with Gasteiger partial charge in [-0.05, 0) is 54.1 Å². The summed E-state index contributed by atoms with van der Waals surface area (Å²) in [6, 6.07) is 5.59. The van der Waals surface area contributed by atoms with Crippen LogP contribution < -0.4 is 5.32 Å². The first-order valence-electron chi connectivity index (χ1n) is 5.89. The number of hydrogen-bond acceptors (Lipinski definition) is 3. The van der Waals surface area contributed by atoms with Gasteiger partial charge in [-0.1, -0.05) is 13.3 Å². The zero-order valence-corrected chi connectivity index (χ0v) is 12.4. The normalized spacial score (nSPS) is 10.1. The van der Waals surface area contributed by atoms with E-state index in [1.54, 1.807) is 6.07 Å². The van der Waals surface area contributed by atoms with Gasteiger partial charge in [0.25, 0.3) is 0 Å². The van der Waals surface area contributed by atoms with Crippen LogP contribution in [0.2, 0.25) is 0 Å². The second-order valence-electron chi connectivity index (χ2n) is 3.70. The van der Waals surface area contributed by atoms with Crippen LogP contribution in [0.3, 0.4) is 0 Å². The number of rotatable bonds is 6. The van der Waals surface area contributed by atoms with Gasteiger partial charge in [-0.15, -0.1) is 0 Å². The van der Waals surface area contributed by atoms with Gasteiger partial charge in [0.05, 0.1) is 12.2 Å². The zero-order valence-electron chi connectivity index (χ0n) is 10.3. The van der Waals surface area contributed by atoms with Gasteiger partial charge in [0.1, 0.15) is 0 Å². The summed E-state index contributed by atoms with van der Waals surface area (Å²) >= 11 is 2.23. The van der Waals surface area contributed by atoms with Crippen LogP contribution in [0, 0.1) is 3.57 Å².